The van der Waals surface area contributed by atoms with Gasteiger partial charge in [0, 0.05) is 32.7 Å². The standard InChI is InChI=1S/C19H22N6O/c1-2-5-16(6-3-1)15-24-8-10-25(11-9-24)18-14-21-23-19(22-18)20-13-17-7-4-12-26-17/h1-7,12,14H,8-11,13,15H2,(H,20,22,23). The normalized spacial score (nSPS) is 15.2. The third-order valence-electron chi connectivity index (χ3n) is 4.49. The first-order valence-corrected chi connectivity index (χ1v) is 8.84. The molecule has 0 unspecified atom stereocenters. The van der Waals surface area contributed by atoms with Gasteiger partial charge in [-0.1, -0.05) is 30.3 Å². The molecule has 0 bridgehead atoms. The van der Waals surface area contributed by atoms with E-state index in [9.17, 15) is 0 Å². The Labute approximate surface area is 152 Å². The Morgan fingerprint density at radius 2 is 1.85 bits per heavy atom. The van der Waals surface area contributed by atoms with Crippen LogP contribution < -0.4 is 10.2 Å². The molecule has 1 N–H and O–H groups in total. The molecule has 4 rings (SSSR count). The van der Waals surface area contributed by atoms with Gasteiger partial charge in [0.15, 0.2) is 5.82 Å². The monoisotopic (exact) mass is 350 g/mol. The minimum absolute atomic E-state index is 0.519. The van der Waals surface area contributed by atoms with Crippen LogP contribution in [-0.2, 0) is 13.1 Å². The second kappa shape index (κ2) is 7.97. The van der Waals surface area contributed by atoms with Crippen LogP contribution in [0.25, 0.3) is 0 Å². The van der Waals surface area contributed by atoms with E-state index in [-0.39, 0.29) is 0 Å². The first kappa shape index (κ1) is 16.5. The summed E-state index contributed by atoms with van der Waals surface area (Å²) in [5.74, 6) is 2.22. The molecule has 0 spiro atoms. The molecule has 0 amide bonds. The average Bonchev–Trinajstić information content (AvgIpc) is 3.22. The lowest BCUT2D eigenvalue weighted by Gasteiger charge is -2.35. The quantitative estimate of drug-likeness (QED) is 0.732. The topological polar surface area (TPSA) is 70.3 Å². The lowest BCUT2D eigenvalue weighted by molar-refractivity contribution is 0.249. The van der Waals surface area contributed by atoms with Gasteiger partial charge in [-0.2, -0.15) is 10.1 Å². The second-order valence-corrected chi connectivity index (χ2v) is 6.32. The van der Waals surface area contributed by atoms with Crippen molar-refractivity contribution in [2.24, 2.45) is 0 Å². The van der Waals surface area contributed by atoms with Crippen LogP contribution >= 0.6 is 0 Å². The van der Waals surface area contributed by atoms with Crippen molar-refractivity contribution in [1.29, 1.82) is 0 Å². The number of hydrogen-bond donors (Lipinski definition) is 1. The number of benzene rings is 1. The summed E-state index contributed by atoms with van der Waals surface area (Å²) in [6, 6.07) is 14.4. The molecule has 1 aliphatic heterocycles. The molecular formula is C19H22N6O. The molecule has 2 aromatic heterocycles. The first-order valence-electron chi connectivity index (χ1n) is 8.84. The van der Waals surface area contributed by atoms with Gasteiger partial charge >= 0.3 is 0 Å². The van der Waals surface area contributed by atoms with E-state index < -0.39 is 0 Å². The van der Waals surface area contributed by atoms with Crippen LogP contribution in [0.3, 0.4) is 0 Å². The maximum Gasteiger partial charge on any atom is 0.245 e. The highest BCUT2D eigenvalue weighted by Crippen LogP contribution is 2.15. The third kappa shape index (κ3) is 4.18. The molecule has 3 heterocycles. The number of nitrogens with zero attached hydrogens (tertiary/aromatic N) is 5. The van der Waals surface area contributed by atoms with E-state index in [4.69, 9.17) is 4.42 Å². The van der Waals surface area contributed by atoms with Gasteiger partial charge in [0.1, 0.15) is 5.76 Å². The van der Waals surface area contributed by atoms with Crippen molar-refractivity contribution in [1.82, 2.24) is 20.1 Å². The predicted molar refractivity (Wildman–Crippen MR) is 99.8 cm³/mol. The highest BCUT2D eigenvalue weighted by atomic mass is 16.3. The molecular weight excluding hydrogens is 328 g/mol. The molecule has 0 atom stereocenters. The highest BCUT2D eigenvalue weighted by Gasteiger charge is 2.19. The maximum atomic E-state index is 5.31. The first-order chi connectivity index (χ1) is 12.9. The molecule has 134 valence electrons. The number of rotatable bonds is 6. The van der Waals surface area contributed by atoms with Crippen molar-refractivity contribution < 1.29 is 4.42 Å². The van der Waals surface area contributed by atoms with E-state index in [1.807, 2.05) is 12.1 Å². The van der Waals surface area contributed by atoms with Gasteiger partial charge in [0.05, 0.1) is 19.0 Å². The van der Waals surface area contributed by atoms with E-state index in [1.54, 1.807) is 12.5 Å². The van der Waals surface area contributed by atoms with Crippen molar-refractivity contribution in [3.8, 4) is 0 Å². The summed E-state index contributed by atoms with van der Waals surface area (Å²) in [6.45, 7) is 5.42. The fourth-order valence-electron chi connectivity index (χ4n) is 3.08. The lowest BCUT2D eigenvalue weighted by Crippen LogP contribution is -2.46. The average molecular weight is 350 g/mol. The molecule has 7 heteroatoms. The Hall–Kier alpha value is -2.93. The summed E-state index contributed by atoms with van der Waals surface area (Å²) in [5.41, 5.74) is 1.36. The Balaban J connectivity index is 1.32. The van der Waals surface area contributed by atoms with Gasteiger partial charge in [-0.05, 0) is 17.7 Å². The highest BCUT2D eigenvalue weighted by molar-refractivity contribution is 5.40. The fourth-order valence-corrected chi connectivity index (χ4v) is 3.08. The third-order valence-corrected chi connectivity index (χ3v) is 4.49. The summed E-state index contributed by atoms with van der Waals surface area (Å²) >= 11 is 0. The minimum atomic E-state index is 0.519. The van der Waals surface area contributed by atoms with E-state index in [0.29, 0.717) is 12.5 Å². The molecule has 0 saturated carbocycles. The second-order valence-electron chi connectivity index (χ2n) is 6.32. The Bertz CT molecular complexity index is 800. The zero-order valence-electron chi connectivity index (χ0n) is 14.6. The van der Waals surface area contributed by atoms with Crippen LogP contribution in [-0.4, -0.2) is 46.3 Å². The molecule has 0 aliphatic carbocycles. The van der Waals surface area contributed by atoms with Crippen molar-refractivity contribution in [3.63, 3.8) is 0 Å². The van der Waals surface area contributed by atoms with Crippen LogP contribution in [0.1, 0.15) is 11.3 Å². The number of hydrogen-bond acceptors (Lipinski definition) is 7. The van der Waals surface area contributed by atoms with Gasteiger partial charge in [-0.25, -0.2) is 0 Å². The Morgan fingerprint density at radius 3 is 2.62 bits per heavy atom. The lowest BCUT2D eigenvalue weighted by atomic mass is 10.2. The van der Waals surface area contributed by atoms with Gasteiger partial charge in [0.2, 0.25) is 5.95 Å². The van der Waals surface area contributed by atoms with Crippen molar-refractivity contribution in [2.75, 3.05) is 36.4 Å². The van der Waals surface area contributed by atoms with Crippen molar-refractivity contribution in [2.45, 2.75) is 13.1 Å². The molecule has 0 radical (unpaired) electrons. The van der Waals surface area contributed by atoms with Crippen LogP contribution in [0.15, 0.2) is 59.3 Å². The summed E-state index contributed by atoms with van der Waals surface area (Å²) in [5, 5.41) is 11.3. The number of furan rings is 1. The number of piperazine rings is 1. The smallest absolute Gasteiger partial charge is 0.245 e. The summed E-state index contributed by atoms with van der Waals surface area (Å²) in [7, 11) is 0. The van der Waals surface area contributed by atoms with Crippen LogP contribution in [0.5, 0.6) is 0 Å². The van der Waals surface area contributed by atoms with Crippen LogP contribution in [0.4, 0.5) is 11.8 Å². The molecule has 1 fully saturated rings. The number of nitrogens with one attached hydrogen (secondary N) is 1. The zero-order valence-corrected chi connectivity index (χ0v) is 14.6. The summed E-state index contributed by atoms with van der Waals surface area (Å²) in [4.78, 5) is 9.31. The maximum absolute atomic E-state index is 5.31. The van der Waals surface area contributed by atoms with E-state index in [0.717, 1.165) is 44.3 Å². The molecule has 3 aromatic rings. The van der Waals surface area contributed by atoms with Crippen LogP contribution in [0, 0.1) is 0 Å². The fraction of sp³-hybridized carbons (Fsp3) is 0.316. The van der Waals surface area contributed by atoms with E-state index in [1.165, 1.54) is 5.56 Å². The molecule has 1 aliphatic rings. The van der Waals surface area contributed by atoms with E-state index in [2.05, 4.69) is 60.6 Å². The molecule has 26 heavy (non-hydrogen) atoms. The Kier molecular flexibility index (Phi) is 5.07. The molecule has 1 saturated heterocycles. The van der Waals surface area contributed by atoms with Gasteiger partial charge in [-0.3, -0.25) is 4.90 Å². The minimum Gasteiger partial charge on any atom is -0.467 e. The summed E-state index contributed by atoms with van der Waals surface area (Å²) in [6.07, 6.45) is 3.38. The predicted octanol–water partition coefficient (Wildman–Crippen LogP) is 2.40. The molecule has 1 aromatic carbocycles. The van der Waals surface area contributed by atoms with Crippen molar-refractivity contribution in [3.05, 3.63) is 66.2 Å². The SMILES string of the molecule is c1ccc(CN2CCN(c3cnnc(NCc4ccco4)n3)CC2)cc1. The zero-order chi connectivity index (χ0) is 17.6. The Morgan fingerprint density at radius 1 is 1.00 bits per heavy atom. The molecule has 7 nitrogen and oxygen atoms in total. The number of anilines is 2. The van der Waals surface area contributed by atoms with Gasteiger partial charge in [0.25, 0.3) is 0 Å². The van der Waals surface area contributed by atoms with Crippen LogP contribution in [0.2, 0.25) is 0 Å². The van der Waals surface area contributed by atoms with Crippen molar-refractivity contribution >= 4 is 11.8 Å². The van der Waals surface area contributed by atoms with E-state index >= 15 is 0 Å². The van der Waals surface area contributed by atoms with Gasteiger partial charge in [-0.15, -0.1) is 5.10 Å². The number of aromatic nitrogens is 3. The largest absolute Gasteiger partial charge is 0.467 e. The van der Waals surface area contributed by atoms with Gasteiger partial charge < -0.3 is 14.6 Å². The summed E-state index contributed by atoms with van der Waals surface area (Å²) < 4.78 is 5.31.